The molecular formula is C24H22F2N2O. The maximum absolute atomic E-state index is 13.1. The van der Waals surface area contributed by atoms with Crippen molar-refractivity contribution in [3.05, 3.63) is 89.6 Å². The van der Waals surface area contributed by atoms with Crippen LogP contribution in [0.1, 0.15) is 28.9 Å². The largest absolute Gasteiger partial charge is 0.297 e. The molecule has 0 aliphatic carbocycles. The van der Waals surface area contributed by atoms with Crippen LogP contribution in [0.15, 0.2) is 66.7 Å². The van der Waals surface area contributed by atoms with Crippen LogP contribution in [-0.2, 0) is 6.54 Å². The van der Waals surface area contributed by atoms with Crippen LogP contribution in [0.3, 0.4) is 0 Å². The third-order valence-corrected chi connectivity index (χ3v) is 5.42. The van der Waals surface area contributed by atoms with Gasteiger partial charge < -0.3 is 0 Å². The molecule has 0 saturated carbocycles. The molecule has 0 radical (unpaired) electrons. The van der Waals surface area contributed by atoms with E-state index in [0.717, 1.165) is 42.9 Å². The van der Waals surface area contributed by atoms with Gasteiger partial charge in [-0.05, 0) is 86.6 Å². The van der Waals surface area contributed by atoms with E-state index in [9.17, 15) is 13.6 Å². The van der Waals surface area contributed by atoms with Gasteiger partial charge in [0.15, 0.2) is 5.78 Å². The van der Waals surface area contributed by atoms with E-state index < -0.39 is 0 Å². The summed E-state index contributed by atoms with van der Waals surface area (Å²) in [5.41, 5.74) is 3.24. The summed E-state index contributed by atoms with van der Waals surface area (Å²) in [7, 11) is 0. The molecule has 148 valence electrons. The lowest BCUT2D eigenvalue weighted by molar-refractivity contribution is 0.0834. The number of nitrogens with zero attached hydrogens (tertiary/aromatic N) is 2. The Morgan fingerprint density at radius 1 is 0.897 bits per heavy atom. The van der Waals surface area contributed by atoms with Gasteiger partial charge in [0.1, 0.15) is 11.6 Å². The molecule has 2 heterocycles. The fourth-order valence-electron chi connectivity index (χ4n) is 3.78. The maximum Gasteiger partial charge on any atom is 0.166 e. The summed E-state index contributed by atoms with van der Waals surface area (Å²) in [6.45, 7) is 2.35. The van der Waals surface area contributed by atoms with Crippen molar-refractivity contribution in [1.29, 1.82) is 0 Å². The summed E-state index contributed by atoms with van der Waals surface area (Å²) in [5.74, 6) is -0.508. The van der Waals surface area contributed by atoms with Gasteiger partial charge in [-0.2, -0.15) is 0 Å². The first-order chi connectivity index (χ1) is 14.1. The van der Waals surface area contributed by atoms with E-state index in [1.165, 1.54) is 24.3 Å². The second kappa shape index (κ2) is 8.62. The number of halogens is 2. The Morgan fingerprint density at radius 2 is 1.52 bits per heavy atom. The van der Waals surface area contributed by atoms with Crippen molar-refractivity contribution < 1.29 is 13.6 Å². The zero-order valence-corrected chi connectivity index (χ0v) is 16.0. The number of carbonyl (C=O) groups excluding carboxylic acids is 1. The van der Waals surface area contributed by atoms with Crippen LogP contribution in [0.25, 0.3) is 11.3 Å². The minimum atomic E-state index is -0.327. The molecule has 0 spiro atoms. The number of carbonyl (C=O) groups is 1. The standard InChI is InChI=1S/C24H22F2N2O/c25-20-8-4-17(5-9-20)23-3-1-2-22(27-23)16-28-14-12-19(13-15-28)24(29)18-6-10-21(26)11-7-18/h1-11,19H,12-16H2. The summed E-state index contributed by atoms with van der Waals surface area (Å²) in [4.78, 5) is 19.6. The molecule has 0 N–H and O–H groups in total. The van der Waals surface area contributed by atoms with Gasteiger partial charge in [0.05, 0.1) is 11.4 Å². The number of hydrogen-bond acceptors (Lipinski definition) is 3. The maximum atomic E-state index is 13.1. The van der Waals surface area contributed by atoms with Crippen LogP contribution in [0.2, 0.25) is 0 Å². The summed E-state index contributed by atoms with van der Waals surface area (Å²) < 4.78 is 26.2. The van der Waals surface area contributed by atoms with E-state index in [1.54, 1.807) is 24.3 Å². The van der Waals surface area contributed by atoms with Gasteiger partial charge in [-0.1, -0.05) is 6.07 Å². The van der Waals surface area contributed by atoms with E-state index >= 15 is 0 Å². The number of piperidine rings is 1. The number of ketones is 1. The second-order valence-corrected chi connectivity index (χ2v) is 7.44. The molecule has 1 aliphatic heterocycles. The molecule has 0 bridgehead atoms. The first-order valence-corrected chi connectivity index (χ1v) is 9.82. The Bertz CT molecular complexity index is 979. The molecule has 0 atom stereocenters. The van der Waals surface area contributed by atoms with Crippen molar-refractivity contribution in [2.75, 3.05) is 13.1 Å². The van der Waals surface area contributed by atoms with E-state index in [2.05, 4.69) is 4.90 Å². The molecule has 5 heteroatoms. The number of likely N-dealkylation sites (tertiary alicyclic amines) is 1. The number of Topliss-reactive ketones (excluding diaryl/α,β-unsaturated/α-hetero) is 1. The molecule has 1 fully saturated rings. The predicted octanol–water partition coefficient (Wildman–Crippen LogP) is 5.12. The zero-order valence-electron chi connectivity index (χ0n) is 16.0. The molecule has 1 saturated heterocycles. The Morgan fingerprint density at radius 3 is 2.17 bits per heavy atom. The fourth-order valence-corrected chi connectivity index (χ4v) is 3.78. The molecule has 0 unspecified atom stereocenters. The Labute approximate surface area is 169 Å². The SMILES string of the molecule is O=C(c1ccc(F)cc1)C1CCN(Cc2cccc(-c3ccc(F)cc3)n2)CC1. The Balaban J connectivity index is 1.36. The number of rotatable bonds is 5. The van der Waals surface area contributed by atoms with Gasteiger partial charge in [0, 0.05) is 23.6 Å². The molecule has 1 aromatic heterocycles. The number of benzene rings is 2. The highest BCUT2D eigenvalue weighted by Crippen LogP contribution is 2.24. The molecule has 0 amide bonds. The van der Waals surface area contributed by atoms with Gasteiger partial charge in [0.2, 0.25) is 0 Å². The lowest BCUT2D eigenvalue weighted by Crippen LogP contribution is -2.36. The van der Waals surface area contributed by atoms with Crippen LogP contribution < -0.4 is 0 Å². The highest BCUT2D eigenvalue weighted by atomic mass is 19.1. The normalized spacial score (nSPS) is 15.4. The summed E-state index contributed by atoms with van der Waals surface area (Å²) in [5, 5.41) is 0. The minimum Gasteiger partial charge on any atom is -0.297 e. The first-order valence-electron chi connectivity index (χ1n) is 9.82. The van der Waals surface area contributed by atoms with E-state index in [4.69, 9.17) is 4.98 Å². The van der Waals surface area contributed by atoms with E-state index in [-0.39, 0.29) is 23.3 Å². The molecule has 3 nitrogen and oxygen atoms in total. The lowest BCUT2D eigenvalue weighted by Gasteiger charge is -2.31. The van der Waals surface area contributed by atoms with Crippen molar-refractivity contribution in [2.45, 2.75) is 19.4 Å². The van der Waals surface area contributed by atoms with Gasteiger partial charge in [0.25, 0.3) is 0 Å². The van der Waals surface area contributed by atoms with Gasteiger partial charge >= 0.3 is 0 Å². The van der Waals surface area contributed by atoms with Crippen molar-refractivity contribution in [3.63, 3.8) is 0 Å². The van der Waals surface area contributed by atoms with Crippen molar-refractivity contribution in [1.82, 2.24) is 9.88 Å². The number of aromatic nitrogens is 1. The zero-order chi connectivity index (χ0) is 20.2. The molecule has 3 aromatic rings. The molecular weight excluding hydrogens is 370 g/mol. The molecule has 4 rings (SSSR count). The minimum absolute atomic E-state index is 0.0183. The van der Waals surface area contributed by atoms with Crippen LogP contribution in [0.5, 0.6) is 0 Å². The van der Waals surface area contributed by atoms with Crippen LogP contribution >= 0.6 is 0 Å². The van der Waals surface area contributed by atoms with E-state index in [0.29, 0.717) is 12.1 Å². The lowest BCUT2D eigenvalue weighted by atomic mass is 9.89. The summed E-state index contributed by atoms with van der Waals surface area (Å²) in [6, 6.07) is 18.0. The van der Waals surface area contributed by atoms with Crippen molar-refractivity contribution >= 4 is 5.78 Å². The Hall–Kier alpha value is -2.92. The monoisotopic (exact) mass is 392 g/mol. The fraction of sp³-hybridized carbons (Fsp3) is 0.250. The van der Waals surface area contributed by atoms with Crippen molar-refractivity contribution in [2.24, 2.45) is 5.92 Å². The second-order valence-electron chi connectivity index (χ2n) is 7.44. The quantitative estimate of drug-likeness (QED) is 0.565. The Kier molecular flexibility index (Phi) is 5.76. The third kappa shape index (κ3) is 4.74. The topological polar surface area (TPSA) is 33.2 Å². The summed E-state index contributed by atoms with van der Waals surface area (Å²) >= 11 is 0. The van der Waals surface area contributed by atoms with Gasteiger partial charge in [-0.25, -0.2) is 8.78 Å². The highest BCUT2D eigenvalue weighted by molar-refractivity contribution is 5.97. The van der Waals surface area contributed by atoms with Crippen molar-refractivity contribution in [3.8, 4) is 11.3 Å². The average Bonchev–Trinajstić information content (AvgIpc) is 2.75. The first kappa shape index (κ1) is 19.4. The average molecular weight is 392 g/mol. The summed E-state index contributed by atoms with van der Waals surface area (Å²) in [6.07, 6.45) is 1.57. The van der Waals surface area contributed by atoms with Gasteiger partial charge in [-0.3, -0.25) is 14.7 Å². The molecule has 29 heavy (non-hydrogen) atoms. The smallest absolute Gasteiger partial charge is 0.166 e. The number of hydrogen-bond donors (Lipinski definition) is 0. The molecule has 1 aliphatic rings. The van der Waals surface area contributed by atoms with Crippen LogP contribution in [-0.4, -0.2) is 28.8 Å². The predicted molar refractivity (Wildman–Crippen MR) is 108 cm³/mol. The van der Waals surface area contributed by atoms with Gasteiger partial charge in [-0.15, -0.1) is 0 Å². The number of pyridine rings is 1. The van der Waals surface area contributed by atoms with E-state index in [1.807, 2.05) is 18.2 Å². The van der Waals surface area contributed by atoms with Crippen LogP contribution in [0.4, 0.5) is 8.78 Å². The third-order valence-electron chi connectivity index (χ3n) is 5.42. The van der Waals surface area contributed by atoms with Crippen LogP contribution in [0, 0.1) is 17.6 Å². The molecule has 2 aromatic carbocycles. The highest BCUT2D eigenvalue weighted by Gasteiger charge is 2.26.